The van der Waals surface area contributed by atoms with Crippen molar-refractivity contribution >= 4 is 72.6 Å². The summed E-state index contributed by atoms with van der Waals surface area (Å²) in [5.74, 6) is 1.73. The summed E-state index contributed by atoms with van der Waals surface area (Å²) < 4.78 is 8.64. The zero-order valence-electron chi connectivity index (χ0n) is 34.0. The Morgan fingerprint density at radius 3 is 1.48 bits per heavy atom. The van der Waals surface area contributed by atoms with E-state index in [0.717, 1.165) is 55.3 Å². The number of aromatic nitrogens is 5. The van der Waals surface area contributed by atoms with Gasteiger partial charge in [-0.2, -0.15) is 0 Å². The molecule has 0 aliphatic heterocycles. The molecule has 0 atom stereocenters. The predicted octanol–water partition coefficient (Wildman–Crippen LogP) is 10.6. The Labute approximate surface area is 364 Å². The number of benzene rings is 8. The minimum atomic E-state index is -2.73. The molecule has 12 aromatic rings. The van der Waals surface area contributed by atoms with Crippen molar-refractivity contribution in [2.24, 2.45) is 0 Å². The standard InChI is InChI=1S/C56H37N5OSi/c1-4-17-42(18-5-1)63(43-19-6-2-7-20-43,44-21-8-3-9-22-44)45-30-27-38(28-31-45)54-58-55(60-56(59-54)40-29-32-48-49-37-57-34-33-52(49)62-53(48)36-40)39-15-14-16-41(35-39)61-50-25-12-10-23-46(50)47-24-11-13-26-51(47)61/h1-37H. The molecule has 63 heavy (non-hydrogen) atoms. The lowest BCUT2D eigenvalue weighted by molar-refractivity contribution is 0.668. The molecule has 4 heterocycles. The summed E-state index contributed by atoms with van der Waals surface area (Å²) in [5, 5.41) is 9.62. The molecule has 12 rings (SSSR count). The van der Waals surface area contributed by atoms with Gasteiger partial charge < -0.3 is 8.98 Å². The van der Waals surface area contributed by atoms with Crippen LogP contribution in [0.4, 0.5) is 0 Å². The molecule has 0 aliphatic rings. The van der Waals surface area contributed by atoms with Crippen LogP contribution in [0.5, 0.6) is 0 Å². The number of fused-ring (bicyclic) bond motifs is 6. The van der Waals surface area contributed by atoms with E-state index in [1.807, 2.05) is 18.3 Å². The van der Waals surface area contributed by atoms with Crippen molar-refractivity contribution in [2.45, 2.75) is 0 Å². The van der Waals surface area contributed by atoms with Crippen LogP contribution in [0.25, 0.3) is 83.6 Å². The van der Waals surface area contributed by atoms with Crippen LogP contribution >= 0.6 is 0 Å². The van der Waals surface area contributed by atoms with Gasteiger partial charge in [0.1, 0.15) is 11.2 Å². The molecular formula is C56H37N5OSi. The van der Waals surface area contributed by atoms with Gasteiger partial charge in [0.25, 0.3) is 0 Å². The van der Waals surface area contributed by atoms with Crippen LogP contribution in [0.2, 0.25) is 0 Å². The number of nitrogens with zero attached hydrogens (tertiary/aromatic N) is 5. The van der Waals surface area contributed by atoms with Gasteiger partial charge in [-0.25, -0.2) is 15.0 Å². The second kappa shape index (κ2) is 15.0. The zero-order chi connectivity index (χ0) is 41.7. The highest BCUT2D eigenvalue weighted by Crippen LogP contribution is 2.35. The molecular weight excluding hydrogens is 787 g/mol. The first-order chi connectivity index (χ1) is 31.2. The van der Waals surface area contributed by atoms with Gasteiger partial charge in [0, 0.05) is 56.3 Å². The lowest BCUT2D eigenvalue weighted by Crippen LogP contribution is -2.74. The maximum Gasteiger partial charge on any atom is 0.179 e. The Kier molecular flexibility index (Phi) is 8.72. The van der Waals surface area contributed by atoms with Crippen molar-refractivity contribution in [1.82, 2.24) is 24.5 Å². The topological polar surface area (TPSA) is 69.6 Å². The third kappa shape index (κ3) is 6.09. The van der Waals surface area contributed by atoms with Crippen LogP contribution in [0, 0.1) is 0 Å². The van der Waals surface area contributed by atoms with Gasteiger partial charge in [-0.1, -0.05) is 170 Å². The SMILES string of the molecule is c1ccc([Si](c2ccccc2)(c2ccccc2)c2ccc(-c3nc(-c4cccc(-n5c6ccccc6c6ccccc65)c4)nc(-c4ccc5c(c4)oc4ccncc45)n3)cc2)cc1. The smallest absolute Gasteiger partial charge is 0.179 e. The van der Waals surface area contributed by atoms with Crippen molar-refractivity contribution in [3.05, 3.63) is 225 Å². The van der Waals surface area contributed by atoms with Gasteiger partial charge in [0.15, 0.2) is 25.5 Å². The van der Waals surface area contributed by atoms with Crippen molar-refractivity contribution in [2.75, 3.05) is 0 Å². The van der Waals surface area contributed by atoms with Crippen molar-refractivity contribution in [3.8, 4) is 39.9 Å². The first-order valence-corrected chi connectivity index (χ1v) is 23.1. The summed E-state index contributed by atoms with van der Waals surface area (Å²) in [6.45, 7) is 0. The summed E-state index contributed by atoms with van der Waals surface area (Å²) in [7, 11) is -2.73. The van der Waals surface area contributed by atoms with Crippen LogP contribution in [-0.4, -0.2) is 32.6 Å². The summed E-state index contributed by atoms with van der Waals surface area (Å²) in [6.07, 6.45) is 3.60. The Morgan fingerprint density at radius 2 is 0.873 bits per heavy atom. The Bertz CT molecular complexity index is 3470. The molecule has 0 amide bonds. The monoisotopic (exact) mass is 823 g/mol. The number of hydrogen-bond donors (Lipinski definition) is 0. The molecule has 7 heteroatoms. The highest BCUT2D eigenvalue weighted by Gasteiger charge is 2.41. The third-order valence-electron chi connectivity index (χ3n) is 12.3. The van der Waals surface area contributed by atoms with E-state index in [0.29, 0.717) is 17.5 Å². The number of rotatable bonds is 8. The second-order valence-electron chi connectivity index (χ2n) is 15.8. The minimum Gasteiger partial charge on any atom is -0.456 e. The summed E-state index contributed by atoms with van der Waals surface area (Å²) in [6, 6.07) is 75.5. The average Bonchev–Trinajstić information content (AvgIpc) is 3.91. The highest BCUT2D eigenvalue weighted by molar-refractivity contribution is 7.19. The molecule has 0 saturated carbocycles. The molecule has 0 bridgehead atoms. The molecule has 0 N–H and O–H groups in total. The maximum absolute atomic E-state index is 6.32. The van der Waals surface area contributed by atoms with E-state index < -0.39 is 8.07 Å². The molecule has 4 aromatic heterocycles. The Hall–Kier alpha value is -8.26. The van der Waals surface area contributed by atoms with E-state index in [-0.39, 0.29) is 0 Å². The summed E-state index contributed by atoms with van der Waals surface area (Å²) in [4.78, 5) is 20.0. The number of furan rings is 1. The number of hydrogen-bond acceptors (Lipinski definition) is 5. The fraction of sp³-hybridized carbons (Fsp3) is 0. The normalized spacial score (nSPS) is 11.8. The van der Waals surface area contributed by atoms with Gasteiger partial charge in [-0.15, -0.1) is 0 Å². The lowest BCUT2D eigenvalue weighted by atomic mass is 10.1. The minimum absolute atomic E-state index is 0.559. The summed E-state index contributed by atoms with van der Waals surface area (Å²) >= 11 is 0. The van der Waals surface area contributed by atoms with Crippen LogP contribution in [-0.2, 0) is 0 Å². The average molecular weight is 824 g/mol. The summed E-state index contributed by atoms with van der Waals surface area (Å²) in [5.41, 5.74) is 7.47. The second-order valence-corrected chi connectivity index (χ2v) is 19.6. The quantitative estimate of drug-likeness (QED) is 0.113. The van der Waals surface area contributed by atoms with E-state index in [1.165, 1.54) is 31.5 Å². The third-order valence-corrected chi connectivity index (χ3v) is 17.1. The van der Waals surface area contributed by atoms with Crippen molar-refractivity contribution in [3.63, 3.8) is 0 Å². The van der Waals surface area contributed by atoms with E-state index in [2.05, 4.69) is 210 Å². The molecule has 0 radical (unpaired) electrons. The lowest BCUT2D eigenvalue weighted by Gasteiger charge is -2.34. The molecule has 0 spiro atoms. The highest BCUT2D eigenvalue weighted by atomic mass is 28.3. The molecule has 0 saturated heterocycles. The molecule has 8 aromatic carbocycles. The van der Waals surface area contributed by atoms with Gasteiger partial charge in [0.05, 0.1) is 11.0 Å². The fourth-order valence-electron chi connectivity index (χ4n) is 9.44. The first-order valence-electron chi connectivity index (χ1n) is 21.1. The van der Waals surface area contributed by atoms with E-state index >= 15 is 0 Å². The Balaban J connectivity index is 1.04. The molecule has 6 nitrogen and oxygen atoms in total. The predicted molar refractivity (Wildman–Crippen MR) is 259 cm³/mol. The largest absolute Gasteiger partial charge is 0.456 e. The Morgan fingerprint density at radius 1 is 0.365 bits per heavy atom. The molecule has 296 valence electrons. The first kappa shape index (κ1) is 36.6. The van der Waals surface area contributed by atoms with Crippen LogP contribution < -0.4 is 20.7 Å². The van der Waals surface area contributed by atoms with Gasteiger partial charge in [-0.3, -0.25) is 4.98 Å². The molecule has 0 fully saturated rings. The van der Waals surface area contributed by atoms with E-state index in [1.54, 1.807) is 6.20 Å². The van der Waals surface area contributed by atoms with Gasteiger partial charge >= 0.3 is 0 Å². The molecule has 0 unspecified atom stereocenters. The van der Waals surface area contributed by atoms with Crippen LogP contribution in [0.1, 0.15) is 0 Å². The zero-order valence-corrected chi connectivity index (χ0v) is 35.0. The van der Waals surface area contributed by atoms with Crippen molar-refractivity contribution in [1.29, 1.82) is 0 Å². The van der Waals surface area contributed by atoms with Crippen molar-refractivity contribution < 1.29 is 4.42 Å². The van der Waals surface area contributed by atoms with Gasteiger partial charge in [-0.05, 0) is 63.2 Å². The van der Waals surface area contributed by atoms with E-state index in [9.17, 15) is 0 Å². The maximum atomic E-state index is 6.32. The van der Waals surface area contributed by atoms with Crippen LogP contribution in [0.3, 0.4) is 0 Å². The number of pyridine rings is 1. The molecule has 0 aliphatic carbocycles. The van der Waals surface area contributed by atoms with E-state index in [4.69, 9.17) is 19.4 Å². The van der Waals surface area contributed by atoms with Gasteiger partial charge in [0.2, 0.25) is 0 Å². The fourth-order valence-corrected chi connectivity index (χ4v) is 14.2. The number of para-hydroxylation sites is 2. The van der Waals surface area contributed by atoms with Crippen LogP contribution in [0.15, 0.2) is 229 Å².